The Morgan fingerprint density at radius 2 is 2.21 bits per heavy atom. The Labute approximate surface area is 117 Å². The minimum absolute atomic E-state index is 0.232. The first-order valence-electron chi connectivity index (χ1n) is 5.10. The van der Waals surface area contributed by atoms with Crippen LogP contribution in [0.2, 0.25) is 0 Å². The molecular weight excluding hydrogens is 295 g/mol. The zero-order chi connectivity index (χ0) is 14.0. The maximum Gasteiger partial charge on any atom is 0.372 e. The molecule has 100 valence electrons. The molecule has 0 spiro atoms. The third kappa shape index (κ3) is 2.94. The number of rotatable bonds is 3. The Bertz CT molecular complexity index is 576. The maximum absolute atomic E-state index is 10.9. The predicted octanol–water partition coefficient (Wildman–Crippen LogP) is 2.01. The van der Waals surface area contributed by atoms with E-state index in [4.69, 9.17) is 33.7 Å². The van der Waals surface area contributed by atoms with E-state index < -0.39 is 22.1 Å². The quantitative estimate of drug-likeness (QED) is 0.520. The van der Waals surface area contributed by atoms with E-state index in [9.17, 15) is 10.1 Å². The van der Waals surface area contributed by atoms with Gasteiger partial charge in [-0.1, -0.05) is 11.6 Å². The Kier molecular flexibility index (Phi) is 3.87. The van der Waals surface area contributed by atoms with Gasteiger partial charge in [-0.05, 0) is 18.2 Å². The number of nitrogens with two attached hydrogens (primary N) is 1. The molecule has 0 amide bonds. The van der Waals surface area contributed by atoms with Crippen molar-refractivity contribution in [2.45, 2.75) is 11.5 Å². The highest BCUT2D eigenvalue weighted by Gasteiger charge is 2.27. The van der Waals surface area contributed by atoms with Crippen LogP contribution < -0.4 is 10.5 Å². The molecule has 2 rings (SSSR count). The normalized spacial score (nSPS) is 21.9. The van der Waals surface area contributed by atoms with Crippen molar-refractivity contribution in [3.05, 3.63) is 39.7 Å². The molecule has 19 heavy (non-hydrogen) atoms. The fourth-order valence-electron chi connectivity index (χ4n) is 1.46. The number of nitrogens with zero attached hydrogens (tertiary/aromatic N) is 3. The smallest absolute Gasteiger partial charge is 0.372 e. The molecule has 7 nitrogen and oxygen atoms in total. The first-order chi connectivity index (χ1) is 8.99. The van der Waals surface area contributed by atoms with Gasteiger partial charge in [-0.2, -0.15) is 4.98 Å². The summed E-state index contributed by atoms with van der Waals surface area (Å²) in [6, 6.07) is 0. The van der Waals surface area contributed by atoms with Gasteiger partial charge in [0.05, 0.1) is 10.3 Å². The SMILES string of the molecule is Nc1ncnc(O[C@H]2C=CC(Cl)=C[C@@H]2Cl)c1[N+](=O)[O-]. The van der Waals surface area contributed by atoms with Gasteiger partial charge in [0.15, 0.2) is 0 Å². The summed E-state index contributed by atoms with van der Waals surface area (Å²) < 4.78 is 5.39. The van der Waals surface area contributed by atoms with Crippen molar-refractivity contribution in [2.24, 2.45) is 0 Å². The lowest BCUT2D eigenvalue weighted by Gasteiger charge is -2.20. The molecular formula is C10H8Cl2N4O3. The van der Waals surface area contributed by atoms with Gasteiger partial charge in [-0.3, -0.25) is 10.1 Å². The summed E-state index contributed by atoms with van der Waals surface area (Å²) in [6.45, 7) is 0. The second-order valence-electron chi connectivity index (χ2n) is 3.61. The molecule has 1 aromatic rings. The van der Waals surface area contributed by atoms with Crippen LogP contribution in [0.1, 0.15) is 0 Å². The third-order valence-corrected chi connectivity index (χ3v) is 2.95. The van der Waals surface area contributed by atoms with Gasteiger partial charge in [0.1, 0.15) is 12.4 Å². The summed E-state index contributed by atoms with van der Waals surface area (Å²) in [4.78, 5) is 17.4. The van der Waals surface area contributed by atoms with E-state index >= 15 is 0 Å². The highest BCUT2D eigenvalue weighted by Crippen LogP contribution is 2.31. The van der Waals surface area contributed by atoms with E-state index in [0.717, 1.165) is 6.33 Å². The molecule has 1 aliphatic carbocycles. The number of nitro groups is 1. The number of aromatic nitrogens is 2. The van der Waals surface area contributed by atoms with Crippen LogP contribution in [0.25, 0.3) is 0 Å². The van der Waals surface area contributed by atoms with Crippen molar-refractivity contribution in [3.8, 4) is 5.88 Å². The lowest BCUT2D eigenvalue weighted by atomic mass is 10.1. The number of nitrogen functional groups attached to an aromatic ring is 1. The summed E-state index contributed by atoms with van der Waals surface area (Å²) in [7, 11) is 0. The topological polar surface area (TPSA) is 104 Å². The van der Waals surface area contributed by atoms with Gasteiger partial charge < -0.3 is 10.5 Å². The zero-order valence-corrected chi connectivity index (χ0v) is 10.9. The lowest BCUT2D eigenvalue weighted by Crippen LogP contribution is -2.27. The number of ether oxygens (including phenoxy) is 1. The Hall–Kier alpha value is -1.86. The second kappa shape index (κ2) is 5.41. The molecule has 0 radical (unpaired) electrons. The minimum Gasteiger partial charge on any atom is -0.463 e. The van der Waals surface area contributed by atoms with Crippen LogP contribution in [-0.4, -0.2) is 26.4 Å². The third-order valence-electron chi connectivity index (χ3n) is 2.32. The van der Waals surface area contributed by atoms with Gasteiger partial charge in [-0.25, -0.2) is 4.98 Å². The number of anilines is 1. The Morgan fingerprint density at radius 1 is 1.47 bits per heavy atom. The predicted molar refractivity (Wildman–Crippen MR) is 70.2 cm³/mol. The highest BCUT2D eigenvalue weighted by molar-refractivity contribution is 6.32. The van der Waals surface area contributed by atoms with Crippen molar-refractivity contribution in [1.82, 2.24) is 9.97 Å². The number of allylic oxidation sites excluding steroid dienone is 2. The van der Waals surface area contributed by atoms with Crippen LogP contribution in [0.15, 0.2) is 29.6 Å². The average molecular weight is 303 g/mol. The summed E-state index contributed by atoms with van der Waals surface area (Å²) in [5.41, 5.74) is 4.94. The average Bonchev–Trinajstić information content (AvgIpc) is 2.32. The van der Waals surface area contributed by atoms with E-state index in [1.165, 1.54) is 0 Å². The molecule has 0 aromatic carbocycles. The number of hydrogen-bond acceptors (Lipinski definition) is 6. The van der Waals surface area contributed by atoms with E-state index in [1.807, 2.05) is 0 Å². The summed E-state index contributed by atoms with van der Waals surface area (Å²) in [5.74, 6) is -0.501. The molecule has 0 aliphatic heterocycles. The molecule has 0 saturated carbocycles. The highest BCUT2D eigenvalue weighted by atomic mass is 35.5. The maximum atomic E-state index is 10.9. The molecule has 1 aliphatic rings. The molecule has 1 heterocycles. The van der Waals surface area contributed by atoms with Gasteiger partial charge in [0.25, 0.3) is 5.88 Å². The van der Waals surface area contributed by atoms with Crippen LogP contribution >= 0.6 is 23.2 Å². The fraction of sp³-hybridized carbons (Fsp3) is 0.200. The molecule has 0 unspecified atom stereocenters. The van der Waals surface area contributed by atoms with Crippen molar-refractivity contribution < 1.29 is 9.66 Å². The van der Waals surface area contributed by atoms with Gasteiger partial charge in [-0.15, -0.1) is 11.6 Å². The van der Waals surface area contributed by atoms with Crippen LogP contribution in [0.4, 0.5) is 11.5 Å². The zero-order valence-electron chi connectivity index (χ0n) is 9.36. The monoisotopic (exact) mass is 302 g/mol. The standard InChI is InChI=1S/C10H8Cl2N4O3/c11-5-1-2-7(6(12)3-5)19-10-8(16(17)18)9(13)14-4-15-10/h1-4,6-7H,(H2,13,14,15)/t6-,7-/m0/s1. The molecule has 0 bridgehead atoms. The molecule has 2 atom stereocenters. The van der Waals surface area contributed by atoms with Crippen molar-refractivity contribution >= 4 is 34.7 Å². The van der Waals surface area contributed by atoms with E-state index in [-0.39, 0.29) is 11.7 Å². The van der Waals surface area contributed by atoms with Crippen LogP contribution in [-0.2, 0) is 0 Å². The van der Waals surface area contributed by atoms with Crippen LogP contribution in [0, 0.1) is 10.1 Å². The minimum atomic E-state index is -0.705. The lowest BCUT2D eigenvalue weighted by molar-refractivity contribution is -0.385. The molecule has 9 heteroatoms. The van der Waals surface area contributed by atoms with Crippen LogP contribution in [0.5, 0.6) is 5.88 Å². The number of hydrogen-bond donors (Lipinski definition) is 1. The molecule has 0 fully saturated rings. The first kappa shape index (κ1) is 13.6. The number of halogens is 2. The summed E-state index contributed by atoms with van der Waals surface area (Å²) >= 11 is 11.8. The van der Waals surface area contributed by atoms with Crippen LogP contribution in [0.3, 0.4) is 0 Å². The van der Waals surface area contributed by atoms with E-state index in [1.54, 1.807) is 18.2 Å². The Balaban J connectivity index is 2.28. The van der Waals surface area contributed by atoms with Gasteiger partial charge in [0, 0.05) is 5.03 Å². The second-order valence-corrected chi connectivity index (χ2v) is 4.55. The van der Waals surface area contributed by atoms with Gasteiger partial charge >= 0.3 is 5.69 Å². The van der Waals surface area contributed by atoms with E-state index in [0.29, 0.717) is 5.03 Å². The van der Waals surface area contributed by atoms with Crippen molar-refractivity contribution in [3.63, 3.8) is 0 Å². The first-order valence-corrected chi connectivity index (χ1v) is 5.91. The fourth-order valence-corrected chi connectivity index (χ4v) is 2.01. The molecule has 0 saturated heterocycles. The summed E-state index contributed by atoms with van der Waals surface area (Å²) in [6.07, 6.45) is 5.18. The van der Waals surface area contributed by atoms with Crippen molar-refractivity contribution in [1.29, 1.82) is 0 Å². The number of alkyl halides is 1. The van der Waals surface area contributed by atoms with E-state index in [2.05, 4.69) is 9.97 Å². The summed E-state index contributed by atoms with van der Waals surface area (Å²) in [5, 5.41) is 10.8. The van der Waals surface area contributed by atoms with Gasteiger partial charge in [0.2, 0.25) is 5.82 Å². The van der Waals surface area contributed by atoms with Crippen molar-refractivity contribution in [2.75, 3.05) is 5.73 Å². The molecule has 1 aromatic heterocycles. The Morgan fingerprint density at radius 3 is 2.84 bits per heavy atom. The molecule has 2 N–H and O–H groups in total. The largest absolute Gasteiger partial charge is 0.463 e.